The van der Waals surface area contributed by atoms with Gasteiger partial charge in [-0.3, -0.25) is 9.59 Å². The van der Waals surface area contributed by atoms with Crippen LogP contribution in [-0.4, -0.2) is 25.5 Å². The van der Waals surface area contributed by atoms with Crippen molar-refractivity contribution in [3.8, 4) is 11.5 Å². The van der Waals surface area contributed by atoms with Crippen LogP contribution in [0.3, 0.4) is 0 Å². The minimum Gasteiger partial charge on any atom is -0.493 e. The molecule has 1 aliphatic rings. The quantitative estimate of drug-likeness (QED) is 0.679. The first-order valence-corrected chi connectivity index (χ1v) is 10.7. The van der Waals surface area contributed by atoms with Crippen LogP contribution in [0.1, 0.15) is 55.5 Å². The van der Waals surface area contributed by atoms with E-state index in [-0.39, 0.29) is 11.8 Å². The van der Waals surface area contributed by atoms with E-state index in [1.165, 1.54) is 6.92 Å². The molecular formula is C25H32N2O4. The lowest BCUT2D eigenvalue weighted by molar-refractivity contribution is -0.126. The zero-order chi connectivity index (χ0) is 22.7. The Balaban J connectivity index is 1.89. The van der Waals surface area contributed by atoms with Crippen molar-refractivity contribution in [1.82, 2.24) is 5.32 Å². The molecule has 31 heavy (non-hydrogen) atoms. The Labute approximate surface area is 184 Å². The van der Waals surface area contributed by atoms with Gasteiger partial charge in [-0.05, 0) is 55.0 Å². The van der Waals surface area contributed by atoms with Gasteiger partial charge in [-0.15, -0.1) is 0 Å². The van der Waals surface area contributed by atoms with Crippen molar-refractivity contribution in [3.63, 3.8) is 0 Å². The van der Waals surface area contributed by atoms with Gasteiger partial charge in [0.2, 0.25) is 5.91 Å². The molecule has 0 aliphatic carbocycles. The van der Waals surface area contributed by atoms with E-state index in [2.05, 4.69) is 19.2 Å². The topological polar surface area (TPSA) is 67.9 Å². The van der Waals surface area contributed by atoms with Crippen molar-refractivity contribution in [1.29, 1.82) is 0 Å². The van der Waals surface area contributed by atoms with Crippen molar-refractivity contribution in [2.45, 2.75) is 53.6 Å². The van der Waals surface area contributed by atoms with Gasteiger partial charge >= 0.3 is 0 Å². The van der Waals surface area contributed by atoms with E-state index in [0.717, 1.165) is 34.4 Å². The number of amides is 2. The Morgan fingerprint density at radius 1 is 1.13 bits per heavy atom. The summed E-state index contributed by atoms with van der Waals surface area (Å²) >= 11 is 0. The molecule has 6 heteroatoms. The molecule has 0 spiro atoms. The maximum atomic E-state index is 13.3. The third kappa shape index (κ3) is 4.84. The molecule has 0 unspecified atom stereocenters. The summed E-state index contributed by atoms with van der Waals surface area (Å²) in [7, 11) is 1.62. The van der Waals surface area contributed by atoms with E-state index in [9.17, 15) is 9.59 Å². The van der Waals surface area contributed by atoms with Crippen LogP contribution < -0.4 is 19.7 Å². The lowest BCUT2D eigenvalue weighted by Gasteiger charge is -2.21. The minimum absolute atomic E-state index is 0.126. The van der Waals surface area contributed by atoms with E-state index < -0.39 is 6.04 Å². The zero-order valence-corrected chi connectivity index (χ0v) is 19.2. The summed E-state index contributed by atoms with van der Waals surface area (Å²) in [5.74, 6) is 1.56. The molecule has 1 N–H and O–H groups in total. The Bertz CT molecular complexity index is 984. The molecule has 6 nitrogen and oxygen atoms in total. The minimum atomic E-state index is -0.659. The summed E-state index contributed by atoms with van der Waals surface area (Å²) in [6.07, 6.45) is 0.965. The molecule has 0 aromatic heterocycles. The predicted molar refractivity (Wildman–Crippen MR) is 122 cm³/mol. The van der Waals surface area contributed by atoms with Crippen LogP contribution >= 0.6 is 0 Å². The third-order valence-corrected chi connectivity index (χ3v) is 5.58. The van der Waals surface area contributed by atoms with Gasteiger partial charge in [0.1, 0.15) is 6.04 Å². The number of fused-ring (bicyclic) bond motifs is 1. The van der Waals surface area contributed by atoms with Crippen molar-refractivity contribution in [2.24, 2.45) is 5.92 Å². The summed E-state index contributed by atoms with van der Waals surface area (Å²) < 4.78 is 11.4. The van der Waals surface area contributed by atoms with E-state index in [1.54, 1.807) is 12.0 Å². The van der Waals surface area contributed by atoms with Gasteiger partial charge in [-0.1, -0.05) is 32.0 Å². The van der Waals surface area contributed by atoms with Gasteiger partial charge in [0, 0.05) is 12.5 Å². The Hall–Kier alpha value is -3.02. The fourth-order valence-electron chi connectivity index (χ4n) is 3.94. The standard InChI is InChI=1S/C25H32N2O4/c1-15(2)11-12-31-20-10-9-19(13-21(20)30-6)14-27-24-17(4)8-7-16(3)22(24)23(25(27)29)26-18(5)28/h7-10,13,15,23H,11-12,14H2,1-6H3,(H,26,28)/t23-/m1/s1. The first-order valence-electron chi connectivity index (χ1n) is 10.7. The predicted octanol–water partition coefficient (Wildman–Crippen LogP) is 4.46. The molecule has 166 valence electrons. The second-order valence-electron chi connectivity index (χ2n) is 8.54. The zero-order valence-electron chi connectivity index (χ0n) is 19.2. The highest BCUT2D eigenvalue weighted by atomic mass is 16.5. The number of anilines is 1. The highest BCUT2D eigenvalue weighted by Gasteiger charge is 2.40. The molecule has 0 bridgehead atoms. The molecule has 2 amide bonds. The second kappa shape index (κ2) is 9.41. The summed E-state index contributed by atoms with van der Waals surface area (Å²) in [4.78, 5) is 26.8. The van der Waals surface area contributed by atoms with Gasteiger partial charge in [0.05, 0.1) is 25.9 Å². The number of carbonyl (C=O) groups excluding carboxylic acids is 2. The van der Waals surface area contributed by atoms with Crippen LogP contribution in [-0.2, 0) is 16.1 Å². The van der Waals surface area contributed by atoms with Crippen molar-refractivity contribution in [2.75, 3.05) is 18.6 Å². The smallest absolute Gasteiger partial charge is 0.254 e. The second-order valence-corrected chi connectivity index (χ2v) is 8.54. The number of ether oxygens (including phenoxy) is 2. The molecular weight excluding hydrogens is 392 g/mol. The largest absolute Gasteiger partial charge is 0.493 e. The molecule has 2 aromatic carbocycles. The SMILES string of the molecule is COc1cc(CN2C(=O)[C@H](NC(C)=O)c3c(C)ccc(C)c32)ccc1OCCC(C)C. The monoisotopic (exact) mass is 424 g/mol. The molecule has 1 atom stereocenters. The number of aryl methyl sites for hydroxylation is 2. The number of carbonyl (C=O) groups is 2. The van der Waals surface area contributed by atoms with Gasteiger partial charge in [-0.2, -0.15) is 0 Å². The third-order valence-electron chi connectivity index (χ3n) is 5.58. The number of methoxy groups -OCH3 is 1. The average Bonchev–Trinajstić information content (AvgIpc) is 2.98. The van der Waals surface area contributed by atoms with Crippen LogP contribution in [0.5, 0.6) is 11.5 Å². The Kier molecular flexibility index (Phi) is 6.88. The highest BCUT2D eigenvalue weighted by molar-refractivity contribution is 6.07. The van der Waals surface area contributed by atoms with Crippen LogP contribution in [0.15, 0.2) is 30.3 Å². The number of hydrogen-bond donors (Lipinski definition) is 1. The summed E-state index contributed by atoms with van der Waals surface area (Å²) in [5, 5.41) is 2.82. The van der Waals surface area contributed by atoms with Crippen LogP contribution in [0.25, 0.3) is 0 Å². The van der Waals surface area contributed by atoms with E-state index in [1.807, 2.05) is 44.2 Å². The van der Waals surface area contributed by atoms with E-state index in [0.29, 0.717) is 30.6 Å². The van der Waals surface area contributed by atoms with Crippen LogP contribution in [0.4, 0.5) is 5.69 Å². The number of benzene rings is 2. The van der Waals surface area contributed by atoms with Crippen molar-refractivity contribution in [3.05, 3.63) is 52.6 Å². The molecule has 0 saturated carbocycles. The first kappa shape index (κ1) is 22.7. The molecule has 1 heterocycles. The molecule has 2 aromatic rings. The van der Waals surface area contributed by atoms with E-state index in [4.69, 9.17) is 9.47 Å². The summed E-state index contributed by atoms with van der Waals surface area (Å²) in [5.41, 5.74) is 4.67. The maximum absolute atomic E-state index is 13.3. The lowest BCUT2D eigenvalue weighted by atomic mass is 9.99. The fraction of sp³-hybridized carbons (Fsp3) is 0.440. The molecule has 0 fully saturated rings. The van der Waals surface area contributed by atoms with Crippen LogP contribution in [0, 0.1) is 19.8 Å². The summed E-state index contributed by atoms with van der Waals surface area (Å²) in [6, 6.07) is 9.10. The van der Waals surface area contributed by atoms with E-state index >= 15 is 0 Å². The fourth-order valence-corrected chi connectivity index (χ4v) is 3.94. The van der Waals surface area contributed by atoms with Gasteiger partial charge < -0.3 is 19.7 Å². The normalized spacial score (nSPS) is 15.3. The lowest BCUT2D eigenvalue weighted by Crippen LogP contribution is -2.36. The number of rotatable bonds is 8. The van der Waals surface area contributed by atoms with Gasteiger partial charge in [-0.25, -0.2) is 0 Å². The molecule has 1 aliphatic heterocycles. The average molecular weight is 425 g/mol. The molecule has 0 radical (unpaired) electrons. The van der Waals surface area contributed by atoms with Crippen molar-refractivity contribution >= 4 is 17.5 Å². The molecule has 0 saturated heterocycles. The van der Waals surface area contributed by atoms with Crippen molar-refractivity contribution < 1.29 is 19.1 Å². The van der Waals surface area contributed by atoms with Gasteiger partial charge in [0.25, 0.3) is 5.91 Å². The maximum Gasteiger partial charge on any atom is 0.254 e. The number of nitrogens with zero attached hydrogens (tertiary/aromatic N) is 1. The Morgan fingerprint density at radius 3 is 2.48 bits per heavy atom. The number of nitrogens with one attached hydrogen (secondary N) is 1. The summed E-state index contributed by atoms with van der Waals surface area (Å²) in [6.45, 7) is 10.7. The van der Waals surface area contributed by atoms with Gasteiger partial charge in [0.15, 0.2) is 11.5 Å². The highest BCUT2D eigenvalue weighted by Crippen LogP contribution is 2.42. The number of hydrogen-bond acceptors (Lipinski definition) is 4. The molecule has 3 rings (SSSR count). The first-order chi connectivity index (χ1) is 14.7. The Morgan fingerprint density at radius 2 is 1.84 bits per heavy atom. The van der Waals surface area contributed by atoms with Crippen LogP contribution in [0.2, 0.25) is 0 Å².